The van der Waals surface area contributed by atoms with Crippen LogP contribution in [0, 0.1) is 6.92 Å². The van der Waals surface area contributed by atoms with Crippen molar-refractivity contribution in [3.63, 3.8) is 0 Å². The fourth-order valence-corrected chi connectivity index (χ4v) is 2.48. The van der Waals surface area contributed by atoms with Crippen molar-refractivity contribution >= 4 is 21.6 Å². The summed E-state index contributed by atoms with van der Waals surface area (Å²) < 4.78 is 23.7. The first-order valence-corrected chi connectivity index (χ1v) is 8.32. The molecule has 0 unspecified atom stereocenters. The number of aryl methyl sites for hydroxylation is 1. The molecule has 1 aromatic heterocycles. The monoisotopic (exact) mass is 278 g/mol. The van der Waals surface area contributed by atoms with Gasteiger partial charge in [-0.1, -0.05) is 11.8 Å². The van der Waals surface area contributed by atoms with E-state index in [-0.39, 0.29) is 5.75 Å². The highest BCUT2D eigenvalue weighted by atomic mass is 32.2. The van der Waals surface area contributed by atoms with Gasteiger partial charge in [-0.25, -0.2) is 8.42 Å². The summed E-state index contributed by atoms with van der Waals surface area (Å²) in [5, 5.41) is 11.9. The van der Waals surface area contributed by atoms with Gasteiger partial charge in [-0.15, -0.1) is 10.2 Å². The van der Waals surface area contributed by atoms with Crippen molar-refractivity contribution in [2.75, 3.05) is 30.9 Å². The van der Waals surface area contributed by atoms with Gasteiger partial charge in [0, 0.05) is 32.1 Å². The molecule has 0 aromatic carbocycles. The molecule has 0 fully saturated rings. The highest BCUT2D eigenvalue weighted by Crippen LogP contribution is 2.13. The van der Waals surface area contributed by atoms with E-state index in [4.69, 9.17) is 0 Å². The minimum absolute atomic E-state index is 0.181. The first-order chi connectivity index (χ1) is 7.90. The average Bonchev–Trinajstić information content (AvgIpc) is 2.53. The SMILES string of the molecule is Cc1nnc(SCCNCCS(C)(=O)=O)n1C. The number of hydrogen-bond donors (Lipinski definition) is 1. The third-order valence-corrected chi connectivity index (χ3v) is 4.18. The molecule has 1 heterocycles. The molecule has 0 saturated carbocycles. The zero-order valence-electron chi connectivity index (χ0n) is 10.3. The molecule has 17 heavy (non-hydrogen) atoms. The Balaban J connectivity index is 2.15. The van der Waals surface area contributed by atoms with Crippen LogP contribution in [-0.4, -0.2) is 54.0 Å². The quantitative estimate of drug-likeness (QED) is 0.552. The van der Waals surface area contributed by atoms with Gasteiger partial charge in [0.05, 0.1) is 5.75 Å². The Kier molecular flexibility index (Phi) is 5.41. The lowest BCUT2D eigenvalue weighted by Gasteiger charge is -2.03. The van der Waals surface area contributed by atoms with Crippen molar-refractivity contribution in [3.8, 4) is 0 Å². The fraction of sp³-hybridized carbons (Fsp3) is 0.778. The van der Waals surface area contributed by atoms with E-state index in [2.05, 4.69) is 15.5 Å². The van der Waals surface area contributed by atoms with Crippen molar-refractivity contribution in [3.05, 3.63) is 5.82 Å². The second kappa shape index (κ2) is 6.36. The van der Waals surface area contributed by atoms with Crippen LogP contribution in [-0.2, 0) is 16.9 Å². The molecule has 1 aromatic rings. The summed E-state index contributed by atoms with van der Waals surface area (Å²) in [5.41, 5.74) is 0. The van der Waals surface area contributed by atoms with Gasteiger partial charge in [0.1, 0.15) is 15.7 Å². The predicted molar refractivity (Wildman–Crippen MR) is 69.0 cm³/mol. The van der Waals surface area contributed by atoms with Gasteiger partial charge in [0.25, 0.3) is 0 Å². The molecule has 8 heteroatoms. The minimum atomic E-state index is -2.86. The Morgan fingerprint density at radius 3 is 2.59 bits per heavy atom. The Bertz CT molecular complexity index is 456. The third kappa shape index (κ3) is 5.51. The highest BCUT2D eigenvalue weighted by Gasteiger charge is 2.05. The molecular formula is C9H18N4O2S2. The summed E-state index contributed by atoms with van der Waals surface area (Å²) in [4.78, 5) is 0. The standard InChI is InChI=1S/C9H18N4O2S2/c1-8-11-12-9(13(8)2)16-6-4-10-5-7-17(3,14)15/h10H,4-7H2,1-3H3. The fourth-order valence-electron chi connectivity index (χ4n) is 1.11. The van der Waals surface area contributed by atoms with Gasteiger partial charge in [0.15, 0.2) is 5.16 Å². The zero-order chi connectivity index (χ0) is 12.9. The molecule has 1 rings (SSSR count). The number of hydrogen-bond acceptors (Lipinski definition) is 6. The van der Waals surface area contributed by atoms with Gasteiger partial charge < -0.3 is 9.88 Å². The van der Waals surface area contributed by atoms with Gasteiger partial charge in [-0.05, 0) is 6.92 Å². The average molecular weight is 278 g/mol. The van der Waals surface area contributed by atoms with Crippen molar-refractivity contribution in [1.82, 2.24) is 20.1 Å². The maximum Gasteiger partial charge on any atom is 0.190 e. The van der Waals surface area contributed by atoms with E-state index < -0.39 is 9.84 Å². The van der Waals surface area contributed by atoms with Crippen LogP contribution in [0.2, 0.25) is 0 Å². The van der Waals surface area contributed by atoms with Gasteiger partial charge in [-0.2, -0.15) is 0 Å². The molecule has 98 valence electrons. The number of nitrogens with zero attached hydrogens (tertiary/aromatic N) is 3. The van der Waals surface area contributed by atoms with Gasteiger partial charge >= 0.3 is 0 Å². The van der Waals surface area contributed by atoms with E-state index in [0.29, 0.717) is 6.54 Å². The number of sulfone groups is 1. The molecule has 0 radical (unpaired) electrons. The van der Waals surface area contributed by atoms with Crippen molar-refractivity contribution in [1.29, 1.82) is 0 Å². The van der Waals surface area contributed by atoms with Crippen LogP contribution in [0.1, 0.15) is 5.82 Å². The summed E-state index contributed by atoms with van der Waals surface area (Å²) in [6, 6.07) is 0. The Labute approximate surface area is 106 Å². The lowest BCUT2D eigenvalue weighted by Crippen LogP contribution is -2.24. The Hall–Kier alpha value is -0.600. The van der Waals surface area contributed by atoms with Crippen LogP contribution in [0.3, 0.4) is 0 Å². The van der Waals surface area contributed by atoms with Crippen LogP contribution in [0.5, 0.6) is 0 Å². The third-order valence-electron chi connectivity index (χ3n) is 2.21. The van der Waals surface area contributed by atoms with Crippen molar-refractivity contribution < 1.29 is 8.42 Å². The smallest absolute Gasteiger partial charge is 0.190 e. The van der Waals surface area contributed by atoms with E-state index in [1.807, 2.05) is 18.5 Å². The molecule has 0 aliphatic carbocycles. The van der Waals surface area contributed by atoms with Crippen LogP contribution in [0.25, 0.3) is 0 Å². The predicted octanol–water partition coefficient (Wildman–Crippen LogP) is -0.150. The van der Waals surface area contributed by atoms with Crippen LogP contribution in [0.15, 0.2) is 5.16 Å². The molecule has 6 nitrogen and oxygen atoms in total. The molecule has 0 amide bonds. The normalized spacial score (nSPS) is 11.9. The first kappa shape index (κ1) is 14.5. The molecule has 0 aliphatic rings. The molecular weight excluding hydrogens is 260 g/mol. The molecule has 0 bridgehead atoms. The second-order valence-corrected chi connectivity index (χ2v) is 7.14. The lowest BCUT2D eigenvalue weighted by atomic mass is 10.7. The summed E-state index contributed by atoms with van der Waals surface area (Å²) in [5.74, 6) is 1.91. The van der Waals surface area contributed by atoms with E-state index in [1.54, 1.807) is 11.8 Å². The molecule has 0 aliphatic heterocycles. The second-order valence-electron chi connectivity index (χ2n) is 3.82. The van der Waals surface area contributed by atoms with Crippen molar-refractivity contribution in [2.24, 2.45) is 7.05 Å². The summed E-state index contributed by atoms with van der Waals surface area (Å²) >= 11 is 1.60. The van der Waals surface area contributed by atoms with E-state index in [0.717, 1.165) is 23.3 Å². The Morgan fingerprint density at radius 1 is 1.35 bits per heavy atom. The number of rotatable bonds is 7. The maximum absolute atomic E-state index is 10.9. The molecule has 0 saturated heterocycles. The van der Waals surface area contributed by atoms with E-state index >= 15 is 0 Å². The number of thioether (sulfide) groups is 1. The summed E-state index contributed by atoms with van der Waals surface area (Å²) in [6.45, 7) is 3.16. The number of nitrogens with one attached hydrogen (secondary N) is 1. The molecule has 0 spiro atoms. The Morgan fingerprint density at radius 2 is 2.06 bits per heavy atom. The number of aromatic nitrogens is 3. The largest absolute Gasteiger partial charge is 0.315 e. The van der Waals surface area contributed by atoms with E-state index in [1.165, 1.54) is 6.26 Å². The summed E-state index contributed by atoms with van der Waals surface area (Å²) in [6.07, 6.45) is 1.24. The zero-order valence-corrected chi connectivity index (χ0v) is 11.9. The van der Waals surface area contributed by atoms with E-state index in [9.17, 15) is 8.42 Å². The first-order valence-electron chi connectivity index (χ1n) is 5.27. The molecule has 1 N–H and O–H groups in total. The van der Waals surface area contributed by atoms with Crippen molar-refractivity contribution in [2.45, 2.75) is 12.1 Å². The summed E-state index contributed by atoms with van der Waals surface area (Å²) in [7, 11) is -0.937. The molecule has 0 atom stereocenters. The maximum atomic E-state index is 10.9. The topological polar surface area (TPSA) is 76.9 Å². The van der Waals surface area contributed by atoms with Crippen LogP contribution in [0.4, 0.5) is 0 Å². The highest BCUT2D eigenvalue weighted by molar-refractivity contribution is 7.99. The lowest BCUT2D eigenvalue weighted by molar-refractivity contribution is 0.598. The minimum Gasteiger partial charge on any atom is -0.315 e. The van der Waals surface area contributed by atoms with Crippen LogP contribution < -0.4 is 5.32 Å². The van der Waals surface area contributed by atoms with Crippen LogP contribution >= 0.6 is 11.8 Å². The van der Waals surface area contributed by atoms with Gasteiger partial charge in [0.2, 0.25) is 0 Å². The van der Waals surface area contributed by atoms with Gasteiger partial charge in [-0.3, -0.25) is 0 Å².